The molecule has 2 aliphatic rings. The van der Waals surface area contributed by atoms with E-state index in [4.69, 9.17) is 9.47 Å². The van der Waals surface area contributed by atoms with Crippen molar-refractivity contribution in [1.29, 1.82) is 0 Å². The van der Waals surface area contributed by atoms with Crippen molar-refractivity contribution in [2.45, 2.75) is 19.3 Å². The highest BCUT2D eigenvalue weighted by Gasteiger charge is 2.20. The Hall–Kier alpha value is -3.29. The lowest BCUT2D eigenvalue weighted by Gasteiger charge is -2.29. The molecule has 0 bridgehead atoms. The van der Waals surface area contributed by atoms with Gasteiger partial charge in [-0.1, -0.05) is 0 Å². The van der Waals surface area contributed by atoms with Gasteiger partial charge in [0.25, 0.3) is 11.8 Å². The zero-order valence-corrected chi connectivity index (χ0v) is 15.4. The lowest BCUT2D eigenvalue weighted by molar-refractivity contribution is 0.0846. The number of ether oxygens (including phenoxy) is 2. The number of hydrogen-bond donors (Lipinski definition) is 2. The van der Waals surface area contributed by atoms with E-state index in [1.165, 1.54) is 6.42 Å². The summed E-state index contributed by atoms with van der Waals surface area (Å²) >= 11 is 0. The molecule has 1 fully saturated rings. The molecule has 146 valence electrons. The standard InChI is InChI=1S/C20H22N4O4/c25-19(14-6-7-16-17(13-14)28-12-11-27-16)22-23-20(26)15-5-4-8-21-18(15)24-9-2-1-3-10-24/h4-8,13H,1-3,9-12H2,(H,22,25)(H,23,26). The van der Waals surface area contributed by atoms with Crippen LogP contribution in [0.4, 0.5) is 5.82 Å². The lowest BCUT2D eigenvalue weighted by atomic mass is 10.1. The van der Waals surface area contributed by atoms with Gasteiger partial charge < -0.3 is 14.4 Å². The number of carbonyl (C=O) groups is 2. The molecule has 0 radical (unpaired) electrons. The van der Waals surface area contributed by atoms with Gasteiger partial charge in [0, 0.05) is 24.8 Å². The van der Waals surface area contributed by atoms with Crippen LogP contribution in [-0.4, -0.2) is 43.1 Å². The number of rotatable bonds is 3. The highest BCUT2D eigenvalue weighted by atomic mass is 16.6. The maximum Gasteiger partial charge on any atom is 0.273 e. The molecule has 8 nitrogen and oxygen atoms in total. The molecule has 3 heterocycles. The first kappa shape index (κ1) is 18.1. The van der Waals surface area contributed by atoms with Crippen LogP contribution < -0.4 is 25.2 Å². The number of piperidine rings is 1. The predicted octanol–water partition coefficient (Wildman–Crippen LogP) is 1.92. The molecular weight excluding hydrogens is 360 g/mol. The first-order valence-corrected chi connectivity index (χ1v) is 9.43. The van der Waals surface area contributed by atoms with Gasteiger partial charge in [-0.25, -0.2) is 4.98 Å². The Bertz CT molecular complexity index is 880. The Morgan fingerprint density at radius 2 is 1.68 bits per heavy atom. The minimum absolute atomic E-state index is 0.368. The van der Waals surface area contributed by atoms with Crippen molar-refractivity contribution < 1.29 is 19.1 Å². The predicted molar refractivity (Wildman–Crippen MR) is 103 cm³/mol. The normalized spacial score (nSPS) is 15.6. The molecule has 0 atom stereocenters. The third kappa shape index (κ3) is 3.85. The Morgan fingerprint density at radius 1 is 0.929 bits per heavy atom. The van der Waals surface area contributed by atoms with E-state index in [0.717, 1.165) is 25.9 Å². The molecule has 0 spiro atoms. The van der Waals surface area contributed by atoms with Crippen LogP contribution in [0.5, 0.6) is 11.5 Å². The summed E-state index contributed by atoms with van der Waals surface area (Å²) in [6, 6.07) is 8.33. The molecular formula is C20H22N4O4. The van der Waals surface area contributed by atoms with Crippen molar-refractivity contribution in [3.05, 3.63) is 47.7 Å². The molecule has 2 amide bonds. The minimum Gasteiger partial charge on any atom is -0.486 e. The second-order valence-corrected chi connectivity index (χ2v) is 6.69. The van der Waals surface area contributed by atoms with Crippen LogP contribution in [0.3, 0.4) is 0 Å². The van der Waals surface area contributed by atoms with Gasteiger partial charge in [-0.05, 0) is 49.6 Å². The maximum atomic E-state index is 12.6. The van der Waals surface area contributed by atoms with Gasteiger partial charge in [0.1, 0.15) is 19.0 Å². The summed E-state index contributed by atoms with van der Waals surface area (Å²) in [5, 5.41) is 0. The second-order valence-electron chi connectivity index (χ2n) is 6.69. The van der Waals surface area contributed by atoms with Crippen LogP contribution in [0.25, 0.3) is 0 Å². The molecule has 1 saturated heterocycles. The topological polar surface area (TPSA) is 92.8 Å². The van der Waals surface area contributed by atoms with Gasteiger partial charge in [0.05, 0.1) is 5.56 Å². The van der Waals surface area contributed by atoms with Crippen LogP contribution in [0.1, 0.15) is 40.0 Å². The Morgan fingerprint density at radius 3 is 2.50 bits per heavy atom. The van der Waals surface area contributed by atoms with E-state index in [2.05, 4.69) is 20.7 Å². The van der Waals surface area contributed by atoms with Crippen molar-refractivity contribution in [3.8, 4) is 11.5 Å². The quantitative estimate of drug-likeness (QED) is 0.788. The molecule has 28 heavy (non-hydrogen) atoms. The van der Waals surface area contributed by atoms with Gasteiger partial charge in [0.15, 0.2) is 11.5 Å². The van der Waals surface area contributed by atoms with E-state index in [-0.39, 0.29) is 0 Å². The first-order chi connectivity index (χ1) is 13.7. The number of nitrogens with one attached hydrogen (secondary N) is 2. The van der Waals surface area contributed by atoms with Crippen molar-refractivity contribution >= 4 is 17.6 Å². The van der Waals surface area contributed by atoms with Crippen LogP contribution in [0, 0.1) is 0 Å². The molecule has 0 saturated carbocycles. The monoisotopic (exact) mass is 382 g/mol. The number of hydrazine groups is 1. The number of aromatic nitrogens is 1. The van der Waals surface area contributed by atoms with Crippen molar-refractivity contribution in [2.75, 3.05) is 31.2 Å². The van der Waals surface area contributed by atoms with Gasteiger partial charge >= 0.3 is 0 Å². The summed E-state index contributed by atoms with van der Waals surface area (Å²) in [5.74, 6) is 0.930. The molecule has 1 aromatic heterocycles. The molecule has 1 aromatic carbocycles. The number of hydrogen-bond acceptors (Lipinski definition) is 6. The number of nitrogens with zero attached hydrogens (tertiary/aromatic N) is 2. The third-order valence-corrected chi connectivity index (χ3v) is 4.78. The Labute approximate surface area is 162 Å². The number of pyridine rings is 1. The summed E-state index contributed by atoms with van der Waals surface area (Å²) < 4.78 is 10.9. The largest absolute Gasteiger partial charge is 0.486 e. The smallest absolute Gasteiger partial charge is 0.273 e. The van der Waals surface area contributed by atoms with Crippen LogP contribution in [0.2, 0.25) is 0 Å². The van der Waals surface area contributed by atoms with Gasteiger partial charge in [-0.15, -0.1) is 0 Å². The molecule has 2 N–H and O–H groups in total. The summed E-state index contributed by atoms with van der Waals surface area (Å²) in [7, 11) is 0. The zero-order valence-electron chi connectivity index (χ0n) is 15.4. The average Bonchev–Trinajstić information content (AvgIpc) is 2.77. The molecule has 2 aromatic rings. The molecule has 0 unspecified atom stereocenters. The van der Waals surface area contributed by atoms with E-state index in [9.17, 15) is 9.59 Å². The summed E-state index contributed by atoms with van der Waals surface area (Å²) in [4.78, 5) is 31.5. The number of anilines is 1. The van der Waals surface area contributed by atoms with Gasteiger partial charge in [0.2, 0.25) is 0 Å². The van der Waals surface area contributed by atoms with E-state index < -0.39 is 11.8 Å². The zero-order chi connectivity index (χ0) is 19.3. The van der Waals surface area contributed by atoms with Crippen LogP contribution >= 0.6 is 0 Å². The van der Waals surface area contributed by atoms with E-state index in [0.29, 0.717) is 41.7 Å². The first-order valence-electron chi connectivity index (χ1n) is 9.43. The summed E-state index contributed by atoms with van der Waals surface area (Å²) in [6.45, 7) is 2.68. The average molecular weight is 382 g/mol. The fourth-order valence-corrected chi connectivity index (χ4v) is 3.37. The van der Waals surface area contributed by atoms with Gasteiger partial charge in [-0.3, -0.25) is 20.4 Å². The van der Waals surface area contributed by atoms with Crippen LogP contribution in [0.15, 0.2) is 36.5 Å². The highest BCUT2D eigenvalue weighted by molar-refractivity contribution is 6.01. The fraction of sp³-hybridized carbons (Fsp3) is 0.350. The Balaban J connectivity index is 1.42. The molecule has 2 aliphatic heterocycles. The van der Waals surface area contributed by atoms with E-state index in [1.54, 1.807) is 36.5 Å². The number of fused-ring (bicyclic) bond motifs is 1. The van der Waals surface area contributed by atoms with E-state index >= 15 is 0 Å². The van der Waals surface area contributed by atoms with Crippen molar-refractivity contribution in [3.63, 3.8) is 0 Å². The summed E-state index contributed by atoms with van der Waals surface area (Å²) in [5.41, 5.74) is 5.74. The van der Waals surface area contributed by atoms with Gasteiger partial charge in [-0.2, -0.15) is 0 Å². The fourth-order valence-electron chi connectivity index (χ4n) is 3.37. The molecule has 0 aliphatic carbocycles. The lowest BCUT2D eigenvalue weighted by Crippen LogP contribution is -2.42. The Kier molecular flexibility index (Phi) is 5.27. The highest BCUT2D eigenvalue weighted by Crippen LogP contribution is 2.30. The number of amides is 2. The van der Waals surface area contributed by atoms with E-state index in [1.807, 2.05) is 0 Å². The maximum absolute atomic E-state index is 12.6. The SMILES string of the molecule is O=C(NNC(=O)c1cccnc1N1CCCCC1)c1ccc2c(c1)OCCO2. The minimum atomic E-state index is -0.436. The molecule has 4 rings (SSSR count). The number of benzene rings is 1. The molecule has 8 heteroatoms. The van der Waals surface area contributed by atoms with Crippen molar-refractivity contribution in [2.24, 2.45) is 0 Å². The summed E-state index contributed by atoms with van der Waals surface area (Å²) in [6.07, 6.45) is 5.03. The third-order valence-electron chi connectivity index (χ3n) is 4.78. The van der Waals surface area contributed by atoms with Crippen molar-refractivity contribution in [1.82, 2.24) is 15.8 Å². The van der Waals surface area contributed by atoms with Crippen LogP contribution in [-0.2, 0) is 0 Å². The number of carbonyl (C=O) groups excluding carboxylic acids is 2. The second kappa shape index (κ2) is 8.16.